The zero-order valence-corrected chi connectivity index (χ0v) is 23.6. The molecule has 38 heavy (non-hydrogen) atoms. The van der Waals surface area contributed by atoms with E-state index in [2.05, 4.69) is 24.4 Å². The Morgan fingerprint density at radius 1 is 0.868 bits per heavy atom. The summed E-state index contributed by atoms with van der Waals surface area (Å²) in [6, 6.07) is 27.3. The first-order valence-corrected chi connectivity index (χ1v) is 12.8. The van der Waals surface area contributed by atoms with Gasteiger partial charge < -0.3 is 50.4 Å². The number of benzene rings is 3. The molecule has 6 nitrogen and oxygen atoms in total. The van der Waals surface area contributed by atoms with Crippen molar-refractivity contribution in [1.82, 2.24) is 0 Å². The zero-order chi connectivity index (χ0) is 25.8. The third-order valence-corrected chi connectivity index (χ3v) is 6.36. The van der Waals surface area contributed by atoms with Gasteiger partial charge in [-0.3, -0.25) is 4.79 Å². The van der Waals surface area contributed by atoms with E-state index in [4.69, 9.17) is 4.74 Å². The number of carbonyl (C=O) groups is 1. The van der Waals surface area contributed by atoms with Crippen molar-refractivity contribution in [3.63, 3.8) is 0 Å². The van der Waals surface area contributed by atoms with Gasteiger partial charge in [-0.2, -0.15) is 0 Å². The molecular formula is C30H40Cl2N2O4. The fourth-order valence-electron chi connectivity index (χ4n) is 4.18. The van der Waals surface area contributed by atoms with Crippen LogP contribution in [0, 0.1) is 0 Å². The summed E-state index contributed by atoms with van der Waals surface area (Å²) in [5.74, 6) is 0.607. The summed E-state index contributed by atoms with van der Waals surface area (Å²) in [6.07, 6.45) is 0.129. The smallest absolute Gasteiger partial charge is 0.168 e. The molecule has 4 unspecified atom stereocenters. The van der Waals surface area contributed by atoms with E-state index in [1.165, 1.54) is 5.56 Å². The Labute approximate surface area is 238 Å². The molecule has 3 aromatic carbocycles. The van der Waals surface area contributed by atoms with Crippen LogP contribution in [-0.4, -0.2) is 53.9 Å². The molecule has 0 fully saturated rings. The monoisotopic (exact) mass is 562 g/mol. The second kappa shape index (κ2) is 17.9. The standard InChI is InChI=1S/C30H38N2O4.2ClH/c1-22(18-24-10-5-3-6-11-24)32-20-27(33)21-36-28-15-9-14-26(19-28)29(34)16-17-31-23(2)30(35)25-12-7-4-8-13-25;;/h3-15,19,22-23,27,30-33,35H,16-18,20-21H2,1-2H3;2*1H. The van der Waals surface area contributed by atoms with E-state index in [-0.39, 0.29) is 43.2 Å². The molecule has 3 aromatic rings. The summed E-state index contributed by atoms with van der Waals surface area (Å²) in [7, 11) is 0. The van der Waals surface area contributed by atoms with Crippen molar-refractivity contribution in [3.05, 3.63) is 102 Å². The summed E-state index contributed by atoms with van der Waals surface area (Å²) in [6.45, 7) is 5.42. The van der Waals surface area contributed by atoms with Crippen LogP contribution in [0.4, 0.5) is 0 Å². The highest BCUT2D eigenvalue weighted by Gasteiger charge is 2.19. The fraction of sp³-hybridized carbons (Fsp3) is 0.367. The number of carbonyl (C=O) groups excluding carboxylic acids is 1. The van der Waals surface area contributed by atoms with Crippen LogP contribution in [-0.2, 0) is 6.42 Å². The van der Waals surface area contributed by atoms with E-state index in [1.807, 2.05) is 60.8 Å². The number of halogens is 2. The van der Waals surface area contributed by atoms with Crippen molar-refractivity contribution < 1.29 is 55.2 Å². The first-order chi connectivity index (χ1) is 17.4. The van der Waals surface area contributed by atoms with Crippen LogP contribution in [0.3, 0.4) is 0 Å². The summed E-state index contributed by atoms with van der Waals surface area (Å²) in [4.78, 5) is 12.7. The normalized spacial score (nSPS) is 13.8. The molecule has 208 valence electrons. The lowest BCUT2D eigenvalue weighted by atomic mass is 10.0. The number of ether oxygens (including phenoxy) is 1. The van der Waals surface area contributed by atoms with E-state index in [0.29, 0.717) is 36.9 Å². The SMILES string of the molecule is CC(Cc1ccccc1)[NH2+]CC(O)COc1cccc(C(=O)CC[NH2+]C(C)C(O)c2ccccc2)c1.[Cl-].[Cl-]. The molecule has 3 rings (SSSR count). The molecule has 0 radical (unpaired) electrons. The molecule has 0 bridgehead atoms. The van der Waals surface area contributed by atoms with Gasteiger partial charge in [0.25, 0.3) is 0 Å². The van der Waals surface area contributed by atoms with Gasteiger partial charge in [0.05, 0.1) is 19.0 Å². The molecule has 0 aliphatic rings. The number of rotatable bonds is 15. The summed E-state index contributed by atoms with van der Waals surface area (Å²) in [5, 5.41) is 25.0. The number of aliphatic hydroxyl groups excluding tert-OH is 2. The van der Waals surface area contributed by atoms with Crippen molar-refractivity contribution in [2.45, 2.75) is 51.0 Å². The van der Waals surface area contributed by atoms with Crippen molar-refractivity contribution >= 4 is 5.78 Å². The fourth-order valence-corrected chi connectivity index (χ4v) is 4.18. The minimum absolute atomic E-state index is 0. The molecule has 0 aliphatic carbocycles. The molecule has 0 aromatic heterocycles. The summed E-state index contributed by atoms with van der Waals surface area (Å²) >= 11 is 0. The van der Waals surface area contributed by atoms with Gasteiger partial charge in [-0.1, -0.05) is 72.8 Å². The Balaban J connectivity index is 0.00000361. The van der Waals surface area contributed by atoms with Crippen molar-refractivity contribution in [1.29, 1.82) is 0 Å². The zero-order valence-electron chi connectivity index (χ0n) is 22.0. The van der Waals surface area contributed by atoms with Crippen LogP contribution in [0.2, 0.25) is 0 Å². The maximum Gasteiger partial charge on any atom is 0.168 e. The lowest BCUT2D eigenvalue weighted by Gasteiger charge is -2.17. The molecule has 0 aliphatic heterocycles. The average molecular weight is 564 g/mol. The Bertz CT molecular complexity index is 1060. The number of nitrogens with two attached hydrogens (primary N) is 2. The van der Waals surface area contributed by atoms with Crippen molar-refractivity contribution in [2.24, 2.45) is 0 Å². The number of Topliss-reactive ketones (excluding diaryl/α,β-unsaturated/α-hetero) is 1. The summed E-state index contributed by atoms with van der Waals surface area (Å²) < 4.78 is 5.77. The van der Waals surface area contributed by atoms with E-state index >= 15 is 0 Å². The van der Waals surface area contributed by atoms with Gasteiger partial charge >= 0.3 is 0 Å². The predicted molar refractivity (Wildman–Crippen MR) is 141 cm³/mol. The molecular weight excluding hydrogens is 523 g/mol. The first kappa shape index (κ1) is 33.6. The molecule has 6 N–H and O–H groups in total. The topological polar surface area (TPSA) is 100.0 Å². The highest BCUT2D eigenvalue weighted by atomic mass is 35.5. The molecule has 0 saturated carbocycles. The summed E-state index contributed by atoms with van der Waals surface area (Å²) in [5.41, 5.74) is 2.76. The van der Waals surface area contributed by atoms with Gasteiger partial charge in [0.1, 0.15) is 37.2 Å². The van der Waals surface area contributed by atoms with Crippen LogP contribution in [0.25, 0.3) is 0 Å². The Morgan fingerprint density at radius 3 is 2.21 bits per heavy atom. The third kappa shape index (κ3) is 11.5. The van der Waals surface area contributed by atoms with Crippen molar-refractivity contribution in [3.8, 4) is 5.75 Å². The van der Waals surface area contributed by atoms with E-state index < -0.39 is 12.2 Å². The van der Waals surface area contributed by atoms with E-state index in [0.717, 1.165) is 12.0 Å². The molecule has 8 heteroatoms. The highest BCUT2D eigenvalue weighted by molar-refractivity contribution is 5.96. The minimum atomic E-state index is -0.602. The van der Waals surface area contributed by atoms with E-state index in [9.17, 15) is 15.0 Å². The molecule has 4 atom stereocenters. The maximum atomic E-state index is 12.7. The largest absolute Gasteiger partial charge is 1.00 e. The van der Waals surface area contributed by atoms with Crippen molar-refractivity contribution in [2.75, 3.05) is 19.7 Å². The number of hydrogen-bond acceptors (Lipinski definition) is 4. The quantitative estimate of drug-likeness (QED) is 0.141. The molecule has 0 saturated heterocycles. The molecule has 0 heterocycles. The molecule has 0 spiro atoms. The van der Waals surface area contributed by atoms with Crippen LogP contribution >= 0.6 is 0 Å². The molecule has 0 amide bonds. The Hall–Kier alpha value is -2.45. The third-order valence-electron chi connectivity index (χ3n) is 6.36. The van der Waals surface area contributed by atoms with Gasteiger partial charge in [0, 0.05) is 12.0 Å². The number of aliphatic hydroxyl groups is 2. The van der Waals surface area contributed by atoms with Gasteiger partial charge in [-0.15, -0.1) is 0 Å². The van der Waals surface area contributed by atoms with Gasteiger partial charge in [-0.25, -0.2) is 0 Å². The van der Waals surface area contributed by atoms with Crippen LogP contribution in [0.1, 0.15) is 47.9 Å². The average Bonchev–Trinajstić information content (AvgIpc) is 2.91. The first-order valence-electron chi connectivity index (χ1n) is 12.8. The van der Waals surface area contributed by atoms with E-state index in [1.54, 1.807) is 24.3 Å². The lowest BCUT2D eigenvalue weighted by molar-refractivity contribution is -0.693. The Morgan fingerprint density at radius 2 is 1.53 bits per heavy atom. The predicted octanol–water partition coefficient (Wildman–Crippen LogP) is -4.11. The highest BCUT2D eigenvalue weighted by Crippen LogP contribution is 2.16. The number of quaternary nitrogens is 2. The van der Waals surface area contributed by atoms with Gasteiger partial charge in [-0.05, 0) is 37.1 Å². The second-order valence-electron chi connectivity index (χ2n) is 9.54. The Kier molecular flexibility index (Phi) is 15.9. The van der Waals surface area contributed by atoms with Crippen LogP contribution in [0.5, 0.6) is 5.75 Å². The minimum Gasteiger partial charge on any atom is -1.00 e. The number of hydrogen-bond donors (Lipinski definition) is 4. The van der Waals surface area contributed by atoms with Gasteiger partial charge in [0.2, 0.25) is 0 Å². The second-order valence-corrected chi connectivity index (χ2v) is 9.54. The van der Waals surface area contributed by atoms with Crippen LogP contribution in [0.15, 0.2) is 84.9 Å². The lowest BCUT2D eigenvalue weighted by Crippen LogP contribution is -3.00. The maximum absolute atomic E-state index is 12.7. The number of ketones is 1. The van der Waals surface area contributed by atoms with Crippen LogP contribution < -0.4 is 40.2 Å². The van der Waals surface area contributed by atoms with Gasteiger partial charge in [0.15, 0.2) is 5.78 Å².